The number of carbonyl (C=O) groups is 1. The van der Waals surface area contributed by atoms with Gasteiger partial charge in [-0.3, -0.25) is 9.69 Å². The van der Waals surface area contributed by atoms with Gasteiger partial charge in [-0.1, -0.05) is 18.2 Å². The van der Waals surface area contributed by atoms with Crippen molar-refractivity contribution in [3.63, 3.8) is 0 Å². The summed E-state index contributed by atoms with van der Waals surface area (Å²) in [6.07, 6.45) is 3.91. The molecule has 26 heavy (non-hydrogen) atoms. The number of amides is 1. The second-order valence-corrected chi connectivity index (χ2v) is 7.69. The largest absolute Gasteiger partial charge is 0.496 e. The average Bonchev–Trinajstić information content (AvgIpc) is 2.91. The molecule has 0 unspecified atom stereocenters. The van der Waals surface area contributed by atoms with E-state index in [-0.39, 0.29) is 5.91 Å². The minimum absolute atomic E-state index is 0.0469. The predicted molar refractivity (Wildman–Crippen MR) is 111 cm³/mol. The highest BCUT2D eigenvalue weighted by atomic mass is 32.2. The molecule has 1 aliphatic heterocycles. The van der Waals surface area contributed by atoms with Crippen LogP contribution in [-0.2, 0) is 4.79 Å². The first kappa shape index (κ1) is 18.6. The van der Waals surface area contributed by atoms with Crippen LogP contribution in [0.25, 0.3) is 6.08 Å². The number of nitrogens with zero attached hydrogens (tertiary/aromatic N) is 2. The number of hydrogen-bond acceptors (Lipinski definition) is 5. The second-order valence-electron chi connectivity index (χ2n) is 5.80. The summed E-state index contributed by atoms with van der Waals surface area (Å²) in [5.74, 6) is 0.764. The zero-order valence-electron chi connectivity index (χ0n) is 15.1. The molecule has 0 atom stereocenters. The van der Waals surface area contributed by atoms with Crippen molar-refractivity contribution in [2.45, 2.75) is 11.8 Å². The molecule has 4 nitrogen and oxygen atoms in total. The molecule has 0 aromatic heterocycles. The molecule has 3 rings (SSSR count). The van der Waals surface area contributed by atoms with E-state index in [4.69, 9.17) is 4.74 Å². The van der Waals surface area contributed by atoms with Gasteiger partial charge in [0.05, 0.1) is 17.7 Å². The van der Waals surface area contributed by atoms with E-state index < -0.39 is 0 Å². The summed E-state index contributed by atoms with van der Waals surface area (Å²) < 4.78 is 5.36. The van der Waals surface area contributed by atoms with Crippen molar-refractivity contribution >= 4 is 46.4 Å². The zero-order chi connectivity index (χ0) is 18.7. The van der Waals surface area contributed by atoms with Crippen LogP contribution in [0.4, 0.5) is 5.69 Å². The lowest BCUT2D eigenvalue weighted by Crippen LogP contribution is -2.23. The Balaban J connectivity index is 1.89. The van der Waals surface area contributed by atoms with Gasteiger partial charge in [0.15, 0.2) is 5.17 Å². The minimum Gasteiger partial charge on any atom is -0.496 e. The van der Waals surface area contributed by atoms with Gasteiger partial charge >= 0.3 is 0 Å². The van der Waals surface area contributed by atoms with Crippen LogP contribution in [0.2, 0.25) is 0 Å². The molecule has 1 fully saturated rings. The molecule has 0 N–H and O–H groups in total. The van der Waals surface area contributed by atoms with Crippen molar-refractivity contribution in [2.75, 3.05) is 20.4 Å². The monoisotopic (exact) mass is 384 g/mol. The van der Waals surface area contributed by atoms with E-state index in [0.29, 0.717) is 10.1 Å². The van der Waals surface area contributed by atoms with Crippen molar-refractivity contribution in [3.8, 4) is 5.75 Å². The molecule has 2 aromatic rings. The molecular weight excluding hydrogens is 364 g/mol. The van der Waals surface area contributed by atoms with Gasteiger partial charge in [0.25, 0.3) is 5.91 Å². The first-order valence-corrected chi connectivity index (χ1v) is 10.1. The molecule has 1 aliphatic rings. The fourth-order valence-electron chi connectivity index (χ4n) is 2.52. The lowest BCUT2D eigenvalue weighted by atomic mass is 10.1. The summed E-state index contributed by atoms with van der Waals surface area (Å²) in [5, 5.41) is 0.679. The van der Waals surface area contributed by atoms with Crippen LogP contribution in [0.3, 0.4) is 0 Å². The van der Waals surface area contributed by atoms with Crippen molar-refractivity contribution in [1.82, 2.24) is 4.90 Å². The Hall–Kier alpha value is -2.18. The number of ether oxygens (including phenoxy) is 1. The number of benzene rings is 2. The number of aliphatic imine (C=N–C) groups is 1. The highest BCUT2D eigenvalue weighted by molar-refractivity contribution is 8.18. The smallest absolute Gasteiger partial charge is 0.266 e. The number of likely N-dealkylation sites (N-methyl/N-ethyl adjacent to an activating group) is 1. The third-order valence-electron chi connectivity index (χ3n) is 4.01. The Morgan fingerprint density at radius 2 is 2.04 bits per heavy atom. The maximum Gasteiger partial charge on any atom is 0.266 e. The number of methoxy groups -OCH3 is 1. The lowest BCUT2D eigenvalue weighted by Gasteiger charge is -2.07. The molecule has 6 heteroatoms. The van der Waals surface area contributed by atoms with E-state index in [2.05, 4.69) is 4.99 Å². The molecule has 1 heterocycles. The molecule has 134 valence electrons. The van der Waals surface area contributed by atoms with Crippen LogP contribution in [0.15, 0.2) is 57.3 Å². The molecule has 0 radical (unpaired) electrons. The highest BCUT2D eigenvalue weighted by Gasteiger charge is 2.30. The van der Waals surface area contributed by atoms with E-state index in [1.54, 1.807) is 30.8 Å². The number of hydrogen-bond donors (Lipinski definition) is 0. The van der Waals surface area contributed by atoms with Crippen LogP contribution in [0.1, 0.15) is 11.1 Å². The SMILES string of the molecule is COc1cc(/C=C2/SC(=Nc3cccc(SC)c3)N(C)C2=O)ccc1C. The molecule has 1 saturated heterocycles. The van der Waals surface area contributed by atoms with Gasteiger partial charge < -0.3 is 4.74 Å². The van der Waals surface area contributed by atoms with E-state index >= 15 is 0 Å². The minimum atomic E-state index is -0.0469. The first-order chi connectivity index (χ1) is 12.5. The molecule has 0 spiro atoms. The van der Waals surface area contributed by atoms with Crippen LogP contribution in [0.5, 0.6) is 5.75 Å². The molecule has 0 aliphatic carbocycles. The number of aryl methyl sites for hydroxylation is 1. The molecule has 0 saturated carbocycles. The fourth-order valence-corrected chi connectivity index (χ4v) is 3.96. The normalized spacial score (nSPS) is 17.4. The van der Waals surface area contributed by atoms with Gasteiger partial charge in [-0.25, -0.2) is 4.99 Å². The van der Waals surface area contributed by atoms with E-state index in [1.807, 2.05) is 61.7 Å². The van der Waals surface area contributed by atoms with Gasteiger partial charge in [0.2, 0.25) is 0 Å². The van der Waals surface area contributed by atoms with Crippen LogP contribution in [0, 0.1) is 6.92 Å². The third-order valence-corrected chi connectivity index (χ3v) is 5.80. The number of amidine groups is 1. The van der Waals surface area contributed by atoms with Gasteiger partial charge in [-0.15, -0.1) is 11.8 Å². The summed E-state index contributed by atoms with van der Waals surface area (Å²) in [7, 11) is 3.40. The first-order valence-electron chi connectivity index (χ1n) is 8.07. The summed E-state index contributed by atoms with van der Waals surface area (Å²) in [6.45, 7) is 1.99. The zero-order valence-corrected chi connectivity index (χ0v) is 16.8. The van der Waals surface area contributed by atoms with Crippen molar-refractivity contribution in [2.24, 2.45) is 4.99 Å². The quantitative estimate of drug-likeness (QED) is 0.552. The average molecular weight is 385 g/mol. The molecule has 0 bridgehead atoms. The maximum absolute atomic E-state index is 12.6. The predicted octanol–water partition coefficient (Wildman–Crippen LogP) is 4.96. The topological polar surface area (TPSA) is 41.9 Å². The van der Waals surface area contributed by atoms with Gasteiger partial charge in [-0.05, 0) is 66.4 Å². The Bertz CT molecular complexity index is 906. The molecule has 2 aromatic carbocycles. The van der Waals surface area contributed by atoms with Gasteiger partial charge in [0.1, 0.15) is 5.75 Å². The maximum atomic E-state index is 12.6. The summed E-state index contributed by atoms with van der Waals surface area (Å²) in [6, 6.07) is 13.9. The lowest BCUT2D eigenvalue weighted by molar-refractivity contribution is -0.121. The highest BCUT2D eigenvalue weighted by Crippen LogP contribution is 2.34. The standard InChI is InChI=1S/C20H20N2O2S2/c1-13-8-9-14(10-17(13)24-3)11-18-19(23)22(2)20(26-18)21-15-6-5-7-16(12-15)25-4/h5-12H,1-4H3/b18-11+,21-20?. The van der Waals surface area contributed by atoms with Crippen molar-refractivity contribution < 1.29 is 9.53 Å². The van der Waals surface area contributed by atoms with Crippen molar-refractivity contribution in [3.05, 3.63) is 58.5 Å². The van der Waals surface area contributed by atoms with Crippen LogP contribution < -0.4 is 4.74 Å². The Morgan fingerprint density at radius 1 is 1.23 bits per heavy atom. The number of thioether (sulfide) groups is 2. The van der Waals surface area contributed by atoms with E-state index in [1.165, 1.54) is 11.8 Å². The summed E-state index contributed by atoms with van der Waals surface area (Å²) >= 11 is 3.06. The van der Waals surface area contributed by atoms with Crippen LogP contribution in [-0.4, -0.2) is 36.4 Å². The summed E-state index contributed by atoms with van der Waals surface area (Å²) in [5.41, 5.74) is 2.84. The van der Waals surface area contributed by atoms with E-state index in [9.17, 15) is 4.79 Å². The molecular formula is C20H20N2O2S2. The number of carbonyl (C=O) groups excluding carboxylic acids is 1. The van der Waals surface area contributed by atoms with Gasteiger partial charge in [-0.2, -0.15) is 0 Å². The Labute approximate surface area is 162 Å². The fraction of sp³-hybridized carbons (Fsp3) is 0.200. The third kappa shape index (κ3) is 3.97. The van der Waals surface area contributed by atoms with Crippen molar-refractivity contribution in [1.29, 1.82) is 0 Å². The second kappa shape index (κ2) is 8.01. The Kier molecular flexibility index (Phi) is 5.74. The van der Waals surface area contributed by atoms with Crippen LogP contribution >= 0.6 is 23.5 Å². The number of rotatable bonds is 4. The van der Waals surface area contributed by atoms with Gasteiger partial charge in [0, 0.05) is 11.9 Å². The Morgan fingerprint density at radius 3 is 2.77 bits per heavy atom. The van der Waals surface area contributed by atoms with E-state index in [0.717, 1.165) is 27.5 Å². The molecule has 1 amide bonds. The summed E-state index contributed by atoms with van der Waals surface area (Å²) in [4.78, 5) is 20.6.